The Balaban J connectivity index is 1.78. The van der Waals surface area contributed by atoms with Crippen molar-refractivity contribution < 1.29 is 0 Å². The first kappa shape index (κ1) is 9.71. The summed E-state index contributed by atoms with van der Waals surface area (Å²) in [6.07, 6.45) is 10.3. The second kappa shape index (κ2) is 4.13. The van der Waals surface area contributed by atoms with Gasteiger partial charge < -0.3 is 5.73 Å². The van der Waals surface area contributed by atoms with Gasteiger partial charge in [-0.05, 0) is 24.3 Å². The standard InChI is InChI=1S/C11H19N3/c1-14-8-10(7-13-14)6-11(12)5-9-3-2-4-9/h7-9,11H,2-6,12H2,1H3. The maximum absolute atomic E-state index is 6.09. The maximum atomic E-state index is 6.09. The second-order valence-corrected chi connectivity index (χ2v) is 4.52. The number of hydrogen-bond donors (Lipinski definition) is 1. The highest BCUT2D eigenvalue weighted by Gasteiger charge is 2.20. The quantitative estimate of drug-likeness (QED) is 0.787. The third-order valence-electron chi connectivity index (χ3n) is 3.12. The van der Waals surface area contributed by atoms with Crippen LogP contribution in [0, 0.1) is 5.92 Å². The molecule has 14 heavy (non-hydrogen) atoms. The second-order valence-electron chi connectivity index (χ2n) is 4.52. The predicted molar refractivity (Wildman–Crippen MR) is 56.8 cm³/mol. The van der Waals surface area contributed by atoms with Gasteiger partial charge in [0, 0.05) is 19.3 Å². The lowest BCUT2D eigenvalue weighted by Gasteiger charge is -2.27. The molecule has 1 fully saturated rings. The highest BCUT2D eigenvalue weighted by atomic mass is 15.2. The third kappa shape index (κ3) is 2.35. The van der Waals surface area contributed by atoms with E-state index in [1.165, 1.54) is 31.2 Å². The van der Waals surface area contributed by atoms with Gasteiger partial charge in [0.1, 0.15) is 0 Å². The first-order valence-corrected chi connectivity index (χ1v) is 5.47. The molecule has 0 aliphatic heterocycles. The molecule has 3 nitrogen and oxygen atoms in total. The molecule has 1 saturated carbocycles. The van der Waals surface area contributed by atoms with Crippen LogP contribution in [0.3, 0.4) is 0 Å². The zero-order valence-corrected chi connectivity index (χ0v) is 8.82. The fraction of sp³-hybridized carbons (Fsp3) is 0.727. The number of nitrogens with two attached hydrogens (primary N) is 1. The zero-order valence-electron chi connectivity index (χ0n) is 8.82. The van der Waals surface area contributed by atoms with Crippen molar-refractivity contribution in [3.05, 3.63) is 18.0 Å². The summed E-state index contributed by atoms with van der Waals surface area (Å²) in [6, 6.07) is 0.324. The van der Waals surface area contributed by atoms with E-state index in [4.69, 9.17) is 5.73 Å². The van der Waals surface area contributed by atoms with Gasteiger partial charge in [-0.3, -0.25) is 4.68 Å². The third-order valence-corrected chi connectivity index (χ3v) is 3.12. The lowest BCUT2D eigenvalue weighted by Crippen LogP contribution is -2.28. The molecular formula is C11H19N3. The molecule has 0 bridgehead atoms. The SMILES string of the molecule is Cn1cc(CC(N)CC2CCC2)cn1. The molecule has 0 aromatic carbocycles. The van der Waals surface area contributed by atoms with Gasteiger partial charge in [0.15, 0.2) is 0 Å². The van der Waals surface area contributed by atoms with Crippen molar-refractivity contribution in [1.82, 2.24) is 9.78 Å². The molecule has 1 aliphatic rings. The molecule has 1 atom stereocenters. The van der Waals surface area contributed by atoms with E-state index >= 15 is 0 Å². The summed E-state index contributed by atoms with van der Waals surface area (Å²) in [5, 5.41) is 4.14. The average Bonchev–Trinajstić information content (AvgIpc) is 2.44. The van der Waals surface area contributed by atoms with Crippen LogP contribution in [0.4, 0.5) is 0 Å². The van der Waals surface area contributed by atoms with Crippen molar-refractivity contribution >= 4 is 0 Å². The summed E-state index contributed by atoms with van der Waals surface area (Å²) in [5.41, 5.74) is 7.35. The summed E-state index contributed by atoms with van der Waals surface area (Å²) < 4.78 is 1.84. The molecule has 2 rings (SSSR count). The van der Waals surface area contributed by atoms with Crippen molar-refractivity contribution in [2.45, 2.75) is 38.1 Å². The number of rotatable bonds is 4. The molecule has 1 aliphatic carbocycles. The Morgan fingerprint density at radius 1 is 1.64 bits per heavy atom. The van der Waals surface area contributed by atoms with Crippen LogP contribution in [-0.4, -0.2) is 15.8 Å². The summed E-state index contributed by atoms with van der Waals surface area (Å²) in [7, 11) is 1.95. The van der Waals surface area contributed by atoms with Crippen molar-refractivity contribution in [2.24, 2.45) is 18.7 Å². The first-order valence-electron chi connectivity index (χ1n) is 5.47. The van der Waals surface area contributed by atoms with Gasteiger partial charge in [-0.25, -0.2) is 0 Å². The summed E-state index contributed by atoms with van der Waals surface area (Å²) in [4.78, 5) is 0. The topological polar surface area (TPSA) is 43.8 Å². The number of aryl methyl sites for hydroxylation is 1. The van der Waals surface area contributed by atoms with Crippen LogP contribution in [0.5, 0.6) is 0 Å². The lowest BCUT2D eigenvalue weighted by molar-refractivity contribution is 0.275. The minimum absolute atomic E-state index is 0.324. The van der Waals surface area contributed by atoms with Gasteiger partial charge in [0.25, 0.3) is 0 Å². The van der Waals surface area contributed by atoms with E-state index in [9.17, 15) is 0 Å². The maximum Gasteiger partial charge on any atom is 0.0522 e. The number of hydrogen-bond acceptors (Lipinski definition) is 2. The minimum atomic E-state index is 0.324. The Bertz CT molecular complexity index is 288. The molecule has 0 amide bonds. The number of nitrogens with zero attached hydrogens (tertiary/aromatic N) is 2. The van der Waals surface area contributed by atoms with E-state index in [2.05, 4.69) is 11.3 Å². The molecule has 3 heteroatoms. The van der Waals surface area contributed by atoms with Gasteiger partial charge in [-0.2, -0.15) is 5.10 Å². The predicted octanol–water partition coefficient (Wildman–Crippen LogP) is 1.48. The Labute approximate surface area is 85.3 Å². The Kier molecular flexibility index (Phi) is 2.87. The smallest absolute Gasteiger partial charge is 0.0522 e. The van der Waals surface area contributed by atoms with E-state index in [1.807, 2.05) is 17.9 Å². The fourth-order valence-corrected chi connectivity index (χ4v) is 2.12. The van der Waals surface area contributed by atoms with Crippen LogP contribution in [0.25, 0.3) is 0 Å². The van der Waals surface area contributed by atoms with Crippen LogP contribution in [-0.2, 0) is 13.5 Å². The minimum Gasteiger partial charge on any atom is -0.327 e. The fourth-order valence-electron chi connectivity index (χ4n) is 2.12. The van der Waals surface area contributed by atoms with Crippen molar-refractivity contribution in [3.8, 4) is 0 Å². The van der Waals surface area contributed by atoms with Crippen molar-refractivity contribution in [3.63, 3.8) is 0 Å². The van der Waals surface area contributed by atoms with E-state index in [0.717, 1.165) is 12.3 Å². The Hall–Kier alpha value is -0.830. The van der Waals surface area contributed by atoms with Gasteiger partial charge in [0.05, 0.1) is 6.20 Å². The largest absolute Gasteiger partial charge is 0.327 e. The van der Waals surface area contributed by atoms with Gasteiger partial charge in [-0.15, -0.1) is 0 Å². The first-order chi connectivity index (χ1) is 6.74. The summed E-state index contributed by atoms with van der Waals surface area (Å²) >= 11 is 0. The molecular weight excluding hydrogens is 174 g/mol. The lowest BCUT2D eigenvalue weighted by atomic mass is 9.80. The van der Waals surface area contributed by atoms with Gasteiger partial charge in [-0.1, -0.05) is 19.3 Å². The van der Waals surface area contributed by atoms with Gasteiger partial charge >= 0.3 is 0 Å². The molecule has 0 saturated heterocycles. The van der Waals surface area contributed by atoms with Crippen LogP contribution >= 0.6 is 0 Å². The van der Waals surface area contributed by atoms with Gasteiger partial charge in [0.2, 0.25) is 0 Å². The highest BCUT2D eigenvalue weighted by Crippen LogP contribution is 2.30. The van der Waals surface area contributed by atoms with Crippen LogP contribution < -0.4 is 5.73 Å². The molecule has 2 N–H and O–H groups in total. The van der Waals surface area contributed by atoms with E-state index in [-0.39, 0.29) is 0 Å². The molecule has 1 aromatic heterocycles. The van der Waals surface area contributed by atoms with E-state index in [1.54, 1.807) is 0 Å². The molecule has 1 unspecified atom stereocenters. The molecule has 0 spiro atoms. The normalized spacial score (nSPS) is 19.3. The molecule has 78 valence electrons. The van der Waals surface area contributed by atoms with Crippen LogP contribution in [0.1, 0.15) is 31.2 Å². The van der Waals surface area contributed by atoms with Crippen LogP contribution in [0.15, 0.2) is 12.4 Å². The molecule has 1 aromatic rings. The summed E-state index contributed by atoms with van der Waals surface area (Å²) in [5.74, 6) is 0.904. The Morgan fingerprint density at radius 2 is 2.43 bits per heavy atom. The average molecular weight is 193 g/mol. The Morgan fingerprint density at radius 3 is 2.93 bits per heavy atom. The van der Waals surface area contributed by atoms with Crippen molar-refractivity contribution in [1.29, 1.82) is 0 Å². The monoisotopic (exact) mass is 193 g/mol. The van der Waals surface area contributed by atoms with Crippen LogP contribution in [0.2, 0.25) is 0 Å². The highest BCUT2D eigenvalue weighted by molar-refractivity contribution is 5.05. The summed E-state index contributed by atoms with van der Waals surface area (Å²) in [6.45, 7) is 0. The van der Waals surface area contributed by atoms with E-state index in [0.29, 0.717) is 6.04 Å². The number of aromatic nitrogens is 2. The van der Waals surface area contributed by atoms with Crippen molar-refractivity contribution in [2.75, 3.05) is 0 Å². The molecule has 0 radical (unpaired) electrons. The van der Waals surface area contributed by atoms with E-state index < -0.39 is 0 Å². The zero-order chi connectivity index (χ0) is 9.97. The molecule has 1 heterocycles.